The Morgan fingerprint density at radius 3 is 2.43 bits per heavy atom. The second-order valence-electron chi connectivity index (χ2n) is 6.67. The normalized spacial score (nSPS) is 14.0. The number of aromatic nitrogens is 2. The maximum Gasteiger partial charge on any atom is 0.253 e. The molecule has 4 rings (SSSR count). The van der Waals surface area contributed by atoms with Gasteiger partial charge in [0.1, 0.15) is 10.8 Å². The largest absolute Gasteiger partial charge is 0.353 e. The van der Waals surface area contributed by atoms with Crippen LogP contribution in [0.15, 0.2) is 48.0 Å². The van der Waals surface area contributed by atoms with Crippen molar-refractivity contribution in [1.82, 2.24) is 14.9 Å². The van der Waals surface area contributed by atoms with E-state index in [1.165, 1.54) is 0 Å². The fraction of sp³-hybridized carbons (Fsp3) is 0.238. The maximum atomic E-state index is 12.6. The SMILES string of the molecule is Cc1csc(-c2ccc(N3CCN(C(=O)c4ccc(C#N)cc4)CC3)nc2)n1. The van der Waals surface area contributed by atoms with Crippen molar-refractivity contribution < 1.29 is 4.79 Å². The summed E-state index contributed by atoms with van der Waals surface area (Å²) in [6.07, 6.45) is 1.86. The first-order chi connectivity index (χ1) is 13.6. The minimum Gasteiger partial charge on any atom is -0.353 e. The number of pyridine rings is 1. The number of carbonyl (C=O) groups is 1. The van der Waals surface area contributed by atoms with Crippen LogP contribution in [0, 0.1) is 18.3 Å². The highest BCUT2D eigenvalue weighted by molar-refractivity contribution is 7.13. The molecule has 1 saturated heterocycles. The summed E-state index contributed by atoms with van der Waals surface area (Å²) >= 11 is 1.62. The molecule has 7 heteroatoms. The van der Waals surface area contributed by atoms with Crippen LogP contribution in [0.2, 0.25) is 0 Å². The number of thiazole rings is 1. The van der Waals surface area contributed by atoms with Crippen molar-refractivity contribution in [1.29, 1.82) is 5.26 Å². The van der Waals surface area contributed by atoms with Crippen LogP contribution in [-0.4, -0.2) is 47.0 Å². The third-order valence-corrected chi connectivity index (χ3v) is 5.77. The highest BCUT2D eigenvalue weighted by Gasteiger charge is 2.23. The van der Waals surface area contributed by atoms with E-state index in [1.54, 1.807) is 35.6 Å². The van der Waals surface area contributed by atoms with Gasteiger partial charge >= 0.3 is 0 Å². The molecule has 1 aliphatic heterocycles. The Morgan fingerprint density at radius 2 is 1.86 bits per heavy atom. The van der Waals surface area contributed by atoms with E-state index < -0.39 is 0 Å². The number of anilines is 1. The van der Waals surface area contributed by atoms with Crippen LogP contribution in [0.25, 0.3) is 10.6 Å². The van der Waals surface area contributed by atoms with Crippen molar-refractivity contribution in [2.75, 3.05) is 31.1 Å². The minimum atomic E-state index is 0.00610. The molecule has 0 unspecified atom stereocenters. The predicted molar refractivity (Wildman–Crippen MR) is 109 cm³/mol. The van der Waals surface area contributed by atoms with Gasteiger partial charge in [0.25, 0.3) is 5.91 Å². The Kier molecular flexibility index (Phi) is 5.04. The fourth-order valence-corrected chi connectivity index (χ4v) is 3.98. The summed E-state index contributed by atoms with van der Waals surface area (Å²) in [7, 11) is 0. The van der Waals surface area contributed by atoms with Gasteiger partial charge in [-0.05, 0) is 43.3 Å². The van der Waals surface area contributed by atoms with Crippen molar-refractivity contribution in [2.45, 2.75) is 6.92 Å². The quantitative estimate of drug-likeness (QED) is 0.687. The van der Waals surface area contributed by atoms with Gasteiger partial charge in [0, 0.05) is 54.6 Å². The van der Waals surface area contributed by atoms with Crippen molar-refractivity contribution in [3.8, 4) is 16.6 Å². The Balaban J connectivity index is 1.38. The molecule has 0 bridgehead atoms. The monoisotopic (exact) mass is 389 g/mol. The topological polar surface area (TPSA) is 73.1 Å². The lowest BCUT2D eigenvalue weighted by Gasteiger charge is -2.35. The molecule has 0 spiro atoms. The van der Waals surface area contributed by atoms with Crippen LogP contribution < -0.4 is 4.90 Å². The van der Waals surface area contributed by atoms with E-state index in [2.05, 4.69) is 27.0 Å². The van der Waals surface area contributed by atoms with Crippen molar-refractivity contribution in [3.63, 3.8) is 0 Å². The average molecular weight is 389 g/mol. The lowest BCUT2D eigenvalue weighted by Crippen LogP contribution is -2.49. The number of carbonyl (C=O) groups excluding carboxylic acids is 1. The van der Waals surface area contributed by atoms with Crippen LogP contribution in [0.3, 0.4) is 0 Å². The maximum absolute atomic E-state index is 12.6. The lowest BCUT2D eigenvalue weighted by atomic mass is 10.1. The zero-order chi connectivity index (χ0) is 19.5. The average Bonchev–Trinajstić information content (AvgIpc) is 3.20. The van der Waals surface area contributed by atoms with Crippen molar-refractivity contribution in [2.24, 2.45) is 0 Å². The number of hydrogen-bond donors (Lipinski definition) is 0. The van der Waals surface area contributed by atoms with Crippen LogP contribution in [0.4, 0.5) is 5.82 Å². The number of hydrogen-bond acceptors (Lipinski definition) is 6. The van der Waals surface area contributed by atoms with Gasteiger partial charge in [-0.25, -0.2) is 9.97 Å². The van der Waals surface area contributed by atoms with Gasteiger partial charge in [-0.3, -0.25) is 4.79 Å². The second-order valence-corrected chi connectivity index (χ2v) is 7.53. The third-order valence-electron chi connectivity index (χ3n) is 4.77. The van der Waals surface area contributed by atoms with Crippen LogP contribution in [0.5, 0.6) is 0 Å². The lowest BCUT2D eigenvalue weighted by molar-refractivity contribution is 0.0746. The first-order valence-corrected chi connectivity index (χ1v) is 9.95. The number of piperazine rings is 1. The van der Waals surface area contributed by atoms with E-state index in [-0.39, 0.29) is 5.91 Å². The van der Waals surface area contributed by atoms with Gasteiger partial charge in [0.05, 0.1) is 11.6 Å². The van der Waals surface area contributed by atoms with Crippen LogP contribution in [0.1, 0.15) is 21.6 Å². The molecule has 0 N–H and O–H groups in total. The Hall–Kier alpha value is -3.24. The summed E-state index contributed by atoms with van der Waals surface area (Å²) < 4.78 is 0. The number of rotatable bonds is 3. The fourth-order valence-electron chi connectivity index (χ4n) is 3.19. The molecule has 0 atom stereocenters. The van der Waals surface area contributed by atoms with E-state index in [0.717, 1.165) is 35.2 Å². The molecule has 1 fully saturated rings. The first-order valence-electron chi connectivity index (χ1n) is 9.07. The second kappa shape index (κ2) is 7.79. The Labute approximate surface area is 167 Å². The standard InChI is InChI=1S/C21H19N5OS/c1-15-14-28-20(24-15)18-6-7-19(23-13-18)25-8-10-26(11-9-25)21(27)17-4-2-16(12-22)3-5-17/h2-7,13-14H,8-11H2,1H3. The molecule has 3 heterocycles. The number of nitriles is 1. The molecule has 2 aromatic heterocycles. The number of benzene rings is 1. The Bertz CT molecular complexity index is 1010. The van der Waals surface area contributed by atoms with Gasteiger partial charge in [-0.2, -0.15) is 5.26 Å². The summed E-state index contributed by atoms with van der Waals surface area (Å²) in [6.45, 7) is 4.76. The summed E-state index contributed by atoms with van der Waals surface area (Å²) in [5, 5.41) is 11.9. The minimum absolute atomic E-state index is 0.00610. The predicted octanol–water partition coefficient (Wildman–Crippen LogP) is 3.35. The molecule has 3 aromatic rings. The number of aryl methyl sites for hydroxylation is 1. The molecule has 0 saturated carbocycles. The van der Waals surface area contributed by atoms with E-state index in [4.69, 9.17) is 5.26 Å². The molecule has 140 valence electrons. The molecular weight excluding hydrogens is 370 g/mol. The summed E-state index contributed by atoms with van der Waals surface area (Å²) in [5.74, 6) is 0.925. The number of amides is 1. The van der Waals surface area contributed by atoms with Gasteiger partial charge in [-0.15, -0.1) is 11.3 Å². The van der Waals surface area contributed by atoms with Crippen LogP contribution in [-0.2, 0) is 0 Å². The van der Waals surface area contributed by atoms with Gasteiger partial charge in [-0.1, -0.05) is 0 Å². The molecule has 1 amide bonds. The highest BCUT2D eigenvalue weighted by Crippen LogP contribution is 2.25. The van der Waals surface area contributed by atoms with E-state index in [0.29, 0.717) is 24.2 Å². The van der Waals surface area contributed by atoms with Crippen LogP contribution >= 0.6 is 11.3 Å². The molecule has 1 aromatic carbocycles. The van der Waals surface area contributed by atoms with Gasteiger partial charge < -0.3 is 9.80 Å². The molecule has 6 nitrogen and oxygen atoms in total. The molecule has 0 radical (unpaired) electrons. The number of nitrogens with zero attached hydrogens (tertiary/aromatic N) is 5. The molecule has 28 heavy (non-hydrogen) atoms. The third kappa shape index (κ3) is 3.73. The Morgan fingerprint density at radius 1 is 1.11 bits per heavy atom. The summed E-state index contributed by atoms with van der Waals surface area (Å²) in [6, 6.07) is 12.9. The molecule has 0 aliphatic carbocycles. The zero-order valence-corrected chi connectivity index (χ0v) is 16.3. The summed E-state index contributed by atoms with van der Waals surface area (Å²) in [5.41, 5.74) is 3.22. The first kappa shape index (κ1) is 18.1. The van der Waals surface area contributed by atoms with Crippen molar-refractivity contribution >= 4 is 23.1 Å². The van der Waals surface area contributed by atoms with Gasteiger partial charge in [0.15, 0.2) is 0 Å². The van der Waals surface area contributed by atoms with E-state index in [9.17, 15) is 4.79 Å². The van der Waals surface area contributed by atoms with Gasteiger partial charge in [0.2, 0.25) is 0 Å². The van der Waals surface area contributed by atoms with Crippen molar-refractivity contribution in [3.05, 3.63) is 64.8 Å². The smallest absolute Gasteiger partial charge is 0.253 e. The zero-order valence-electron chi connectivity index (χ0n) is 15.5. The highest BCUT2D eigenvalue weighted by atomic mass is 32.1. The van der Waals surface area contributed by atoms with E-state index >= 15 is 0 Å². The molecular formula is C21H19N5OS. The molecule has 1 aliphatic rings. The van der Waals surface area contributed by atoms with E-state index in [1.807, 2.05) is 29.5 Å². The summed E-state index contributed by atoms with van der Waals surface area (Å²) in [4.78, 5) is 25.8.